The number of ether oxygens (including phenoxy) is 1. The molecule has 1 rings (SSSR count). The Hall–Kier alpha value is -0.120. The molecule has 1 unspecified atom stereocenters. The maximum Gasteiger partial charge on any atom is 0.0615 e. The fourth-order valence-corrected chi connectivity index (χ4v) is 1.45. The molecule has 0 aliphatic carbocycles. The normalized spacial score (nSPS) is 27.3. The summed E-state index contributed by atoms with van der Waals surface area (Å²) in [6.07, 6.45) is 0.973. The Balaban J connectivity index is 2.68. The summed E-state index contributed by atoms with van der Waals surface area (Å²) < 4.78 is 5.13. The second kappa shape index (κ2) is 2.73. The molecule has 1 fully saturated rings. The first-order chi connectivity index (χ1) is 5.08. The zero-order chi connectivity index (χ0) is 8.54. The highest BCUT2D eigenvalue weighted by Gasteiger charge is 2.49. The Kier molecular flexibility index (Phi) is 2.23. The first-order valence-electron chi connectivity index (χ1n) is 4.05. The molecule has 0 spiro atoms. The number of hydrogen-bond donors (Lipinski definition) is 2. The third kappa shape index (κ3) is 1.17. The molecule has 0 bridgehead atoms. The number of hydrogen-bond acceptors (Lipinski definition) is 3. The molecule has 0 amide bonds. The lowest BCUT2D eigenvalue weighted by Gasteiger charge is -2.51. The monoisotopic (exact) mass is 159 g/mol. The smallest absolute Gasteiger partial charge is 0.0615 e. The highest BCUT2D eigenvalue weighted by molar-refractivity contribution is 5.02. The van der Waals surface area contributed by atoms with Crippen molar-refractivity contribution in [2.24, 2.45) is 11.1 Å². The van der Waals surface area contributed by atoms with Crippen molar-refractivity contribution in [3.63, 3.8) is 0 Å². The molecule has 0 aromatic heterocycles. The van der Waals surface area contributed by atoms with E-state index in [1.54, 1.807) is 0 Å². The van der Waals surface area contributed by atoms with Gasteiger partial charge in [-0.2, -0.15) is 0 Å². The molecule has 66 valence electrons. The molecule has 0 aromatic rings. The van der Waals surface area contributed by atoms with Crippen LogP contribution < -0.4 is 5.73 Å². The molecule has 1 saturated heterocycles. The molecule has 3 N–H and O–H groups in total. The lowest BCUT2D eigenvalue weighted by atomic mass is 9.68. The molecule has 3 heteroatoms. The van der Waals surface area contributed by atoms with Crippen LogP contribution in [-0.2, 0) is 4.74 Å². The summed E-state index contributed by atoms with van der Waals surface area (Å²) in [5.41, 5.74) is 5.47. The molecular formula is C8H17NO2. The minimum Gasteiger partial charge on any atom is -0.394 e. The van der Waals surface area contributed by atoms with Gasteiger partial charge in [0, 0.05) is 11.0 Å². The van der Waals surface area contributed by atoms with E-state index in [4.69, 9.17) is 15.6 Å². The first-order valence-corrected chi connectivity index (χ1v) is 4.05. The van der Waals surface area contributed by atoms with Crippen LogP contribution in [0, 0.1) is 5.41 Å². The molecule has 1 heterocycles. The van der Waals surface area contributed by atoms with Crippen molar-refractivity contribution in [3.8, 4) is 0 Å². The minimum atomic E-state index is -0.486. The summed E-state index contributed by atoms with van der Waals surface area (Å²) in [6, 6.07) is 0. The molecule has 1 aliphatic heterocycles. The maximum absolute atomic E-state index is 9.05. The third-order valence-electron chi connectivity index (χ3n) is 2.97. The van der Waals surface area contributed by atoms with Gasteiger partial charge >= 0.3 is 0 Å². The van der Waals surface area contributed by atoms with Gasteiger partial charge in [0.1, 0.15) is 0 Å². The second-order valence-corrected chi connectivity index (χ2v) is 3.70. The van der Waals surface area contributed by atoms with Crippen LogP contribution in [0.4, 0.5) is 0 Å². The Morgan fingerprint density at radius 1 is 1.64 bits per heavy atom. The highest BCUT2D eigenvalue weighted by atomic mass is 16.5. The highest BCUT2D eigenvalue weighted by Crippen LogP contribution is 2.40. The molecule has 0 aromatic carbocycles. The fraction of sp³-hybridized carbons (Fsp3) is 1.00. The summed E-state index contributed by atoms with van der Waals surface area (Å²) in [4.78, 5) is 0. The van der Waals surface area contributed by atoms with Crippen LogP contribution in [-0.4, -0.2) is 30.5 Å². The Morgan fingerprint density at radius 2 is 2.18 bits per heavy atom. The van der Waals surface area contributed by atoms with Gasteiger partial charge in [-0.05, 0) is 13.3 Å². The molecule has 1 atom stereocenters. The van der Waals surface area contributed by atoms with Crippen molar-refractivity contribution in [1.82, 2.24) is 0 Å². The summed E-state index contributed by atoms with van der Waals surface area (Å²) in [6.45, 7) is 5.39. The van der Waals surface area contributed by atoms with Crippen molar-refractivity contribution in [3.05, 3.63) is 0 Å². The van der Waals surface area contributed by atoms with E-state index in [0.717, 1.165) is 6.42 Å². The SMILES string of the molecule is CCC1(C(C)(N)CO)COC1. The van der Waals surface area contributed by atoms with Crippen molar-refractivity contribution >= 4 is 0 Å². The summed E-state index contributed by atoms with van der Waals surface area (Å²) in [7, 11) is 0. The van der Waals surface area contributed by atoms with E-state index in [0.29, 0.717) is 13.2 Å². The van der Waals surface area contributed by atoms with Gasteiger partial charge in [0.25, 0.3) is 0 Å². The van der Waals surface area contributed by atoms with Gasteiger partial charge in [0.2, 0.25) is 0 Å². The average Bonchev–Trinajstić information content (AvgIpc) is 1.86. The summed E-state index contributed by atoms with van der Waals surface area (Å²) >= 11 is 0. The first kappa shape index (κ1) is 8.97. The van der Waals surface area contributed by atoms with Gasteiger partial charge in [-0.15, -0.1) is 0 Å². The van der Waals surface area contributed by atoms with Crippen LogP contribution in [0.3, 0.4) is 0 Å². The lowest BCUT2D eigenvalue weighted by molar-refractivity contribution is -0.161. The molecule has 11 heavy (non-hydrogen) atoms. The predicted octanol–water partition coefficient (Wildman–Crippen LogP) is 0.123. The van der Waals surface area contributed by atoms with Gasteiger partial charge in [-0.1, -0.05) is 6.92 Å². The largest absolute Gasteiger partial charge is 0.394 e. The van der Waals surface area contributed by atoms with Crippen LogP contribution in [0.2, 0.25) is 0 Å². The van der Waals surface area contributed by atoms with E-state index in [9.17, 15) is 0 Å². The minimum absolute atomic E-state index is 0.0156. The van der Waals surface area contributed by atoms with Gasteiger partial charge < -0.3 is 15.6 Å². The quantitative estimate of drug-likeness (QED) is 0.615. The number of aliphatic hydroxyl groups is 1. The standard InChI is InChI=1S/C8H17NO2/c1-3-8(5-11-6-8)7(2,9)4-10/h10H,3-6,9H2,1-2H3. The third-order valence-corrected chi connectivity index (χ3v) is 2.97. The molecule has 0 radical (unpaired) electrons. The van der Waals surface area contributed by atoms with Gasteiger partial charge in [0.15, 0.2) is 0 Å². The predicted molar refractivity (Wildman–Crippen MR) is 43.2 cm³/mol. The molecular weight excluding hydrogens is 142 g/mol. The maximum atomic E-state index is 9.05. The van der Waals surface area contributed by atoms with Crippen LogP contribution in [0.1, 0.15) is 20.3 Å². The van der Waals surface area contributed by atoms with E-state index < -0.39 is 5.54 Å². The van der Waals surface area contributed by atoms with Crippen LogP contribution in [0.25, 0.3) is 0 Å². The van der Waals surface area contributed by atoms with Gasteiger partial charge in [-0.25, -0.2) is 0 Å². The van der Waals surface area contributed by atoms with Gasteiger partial charge in [-0.3, -0.25) is 0 Å². The number of rotatable bonds is 3. The van der Waals surface area contributed by atoms with E-state index >= 15 is 0 Å². The van der Waals surface area contributed by atoms with E-state index in [1.807, 2.05) is 6.92 Å². The molecule has 3 nitrogen and oxygen atoms in total. The summed E-state index contributed by atoms with van der Waals surface area (Å²) in [5.74, 6) is 0. The Bertz CT molecular complexity index is 136. The molecule has 1 aliphatic rings. The van der Waals surface area contributed by atoms with Crippen LogP contribution in [0.15, 0.2) is 0 Å². The van der Waals surface area contributed by atoms with Crippen molar-refractivity contribution in [2.45, 2.75) is 25.8 Å². The fourth-order valence-electron chi connectivity index (χ4n) is 1.45. The zero-order valence-corrected chi connectivity index (χ0v) is 7.26. The lowest BCUT2D eigenvalue weighted by Crippen LogP contribution is -2.64. The van der Waals surface area contributed by atoms with Crippen molar-refractivity contribution in [2.75, 3.05) is 19.8 Å². The zero-order valence-electron chi connectivity index (χ0n) is 7.26. The topological polar surface area (TPSA) is 55.5 Å². The second-order valence-electron chi connectivity index (χ2n) is 3.70. The van der Waals surface area contributed by atoms with E-state index in [1.165, 1.54) is 0 Å². The van der Waals surface area contributed by atoms with E-state index in [-0.39, 0.29) is 12.0 Å². The van der Waals surface area contributed by atoms with Crippen LogP contribution in [0.5, 0.6) is 0 Å². The van der Waals surface area contributed by atoms with Crippen LogP contribution >= 0.6 is 0 Å². The number of aliphatic hydroxyl groups excluding tert-OH is 1. The van der Waals surface area contributed by atoms with Crippen molar-refractivity contribution in [1.29, 1.82) is 0 Å². The van der Waals surface area contributed by atoms with E-state index in [2.05, 4.69) is 6.92 Å². The Labute approximate surface area is 67.5 Å². The average molecular weight is 159 g/mol. The summed E-state index contributed by atoms with van der Waals surface area (Å²) in [5, 5.41) is 9.05. The Morgan fingerprint density at radius 3 is 2.27 bits per heavy atom. The number of nitrogens with two attached hydrogens (primary N) is 1. The molecule has 0 saturated carbocycles. The van der Waals surface area contributed by atoms with Gasteiger partial charge in [0.05, 0.1) is 19.8 Å². The van der Waals surface area contributed by atoms with Crippen molar-refractivity contribution < 1.29 is 9.84 Å².